The van der Waals surface area contributed by atoms with Crippen molar-refractivity contribution in [2.24, 2.45) is 0 Å². The van der Waals surface area contributed by atoms with Gasteiger partial charge in [-0.25, -0.2) is 4.79 Å². The third-order valence-electron chi connectivity index (χ3n) is 4.39. The smallest absolute Gasteiger partial charge is 0.321 e. The lowest BCUT2D eigenvalue weighted by Gasteiger charge is -2.33. The zero-order valence-corrected chi connectivity index (χ0v) is 16.6. The highest BCUT2D eigenvalue weighted by molar-refractivity contribution is 7.16. The normalized spacial score (nSPS) is 15.4. The number of urea groups is 1. The maximum Gasteiger partial charge on any atom is 0.321 e. The Kier molecular flexibility index (Phi) is 7.23. The van der Waals surface area contributed by atoms with Crippen molar-refractivity contribution in [2.75, 3.05) is 32.7 Å². The fourth-order valence-corrected chi connectivity index (χ4v) is 4.08. The van der Waals surface area contributed by atoms with Crippen LogP contribution in [-0.4, -0.2) is 54.5 Å². The van der Waals surface area contributed by atoms with Crippen LogP contribution in [0.2, 0.25) is 4.34 Å². The number of imide groups is 1. The van der Waals surface area contributed by atoms with Crippen LogP contribution in [0.1, 0.15) is 10.4 Å². The summed E-state index contributed by atoms with van der Waals surface area (Å²) in [6.45, 7) is 4.91. The van der Waals surface area contributed by atoms with E-state index in [1.807, 2.05) is 36.4 Å². The number of nitrogens with one attached hydrogen (secondary N) is 2. The van der Waals surface area contributed by atoms with Crippen LogP contribution < -0.4 is 10.6 Å². The van der Waals surface area contributed by atoms with Crippen LogP contribution in [0.15, 0.2) is 42.5 Å². The van der Waals surface area contributed by atoms with Gasteiger partial charge in [-0.1, -0.05) is 41.9 Å². The quantitative estimate of drug-likeness (QED) is 0.773. The highest BCUT2D eigenvalue weighted by atomic mass is 35.5. The zero-order chi connectivity index (χ0) is 19.1. The molecule has 1 fully saturated rings. The van der Waals surface area contributed by atoms with E-state index in [0.29, 0.717) is 6.54 Å². The van der Waals surface area contributed by atoms with Crippen molar-refractivity contribution >= 4 is 34.9 Å². The first-order valence-corrected chi connectivity index (χ1v) is 10.1. The standard InChI is InChI=1S/C19H23ClN4O2S/c20-17-7-6-16(27-17)13-23-8-10-24(11-9-23)14-18(25)22-19(26)21-12-15-4-2-1-3-5-15/h1-7H,8-14H2,(H2,21,22,25,26). The molecule has 1 aliphatic heterocycles. The number of hydrogen-bond donors (Lipinski definition) is 2. The molecule has 0 bridgehead atoms. The number of hydrogen-bond acceptors (Lipinski definition) is 5. The second-order valence-corrected chi connectivity index (χ2v) is 8.27. The van der Waals surface area contributed by atoms with Crippen LogP contribution in [0.5, 0.6) is 0 Å². The number of nitrogens with zero attached hydrogens (tertiary/aromatic N) is 2. The number of halogens is 1. The van der Waals surface area contributed by atoms with Crippen molar-refractivity contribution in [1.82, 2.24) is 20.4 Å². The van der Waals surface area contributed by atoms with Crippen LogP contribution in [0.25, 0.3) is 0 Å². The number of rotatable bonds is 6. The summed E-state index contributed by atoms with van der Waals surface area (Å²) in [6.07, 6.45) is 0. The largest absolute Gasteiger partial charge is 0.334 e. The Bertz CT molecular complexity index is 760. The molecule has 0 atom stereocenters. The molecule has 3 amide bonds. The van der Waals surface area contributed by atoms with Crippen LogP contribution in [0, 0.1) is 0 Å². The van der Waals surface area contributed by atoms with Crippen molar-refractivity contribution in [2.45, 2.75) is 13.1 Å². The summed E-state index contributed by atoms with van der Waals surface area (Å²) >= 11 is 7.58. The van der Waals surface area contributed by atoms with E-state index in [1.165, 1.54) is 4.88 Å². The van der Waals surface area contributed by atoms with Gasteiger partial charge in [-0.05, 0) is 17.7 Å². The molecule has 27 heavy (non-hydrogen) atoms. The van der Waals surface area contributed by atoms with Gasteiger partial charge in [0.1, 0.15) is 0 Å². The van der Waals surface area contributed by atoms with Crippen LogP contribution in [-0.2, 0) is 17.9 Å². The lowest BCUT2D eigenvalue weighted by atomic mass is 10.2. The predicted molar refractivity (Wildman–Crippen MR) is 108 cm³/mol. The number of carbonyl (C=O) groups is 2. The molecule has 0 radical (unpaired) electrons. The molecular weight excluding hydrogens is 384 g/mol. The molecule has 144 valence electrons. The lowest BCUT2D eigenvalue weighted by Crippen LogP contribution is -2.50. The highest BCUT2D eigenvalue weighted by Crippen LogP contribution is 2.23. The van der Waals surface area contributed by atoms with Crippen molar-refractivity contribution in [1.29, 1.82) is 0 Å². The highest BCUT2D eigenvalue weighted by Gasteiger charge is 2.20. The molecular formula is C19H23ClN4O2S. The van der Waals surface area contributed by atoms with Gasteiger partial charge in [0.05, 0.1) is 10.9 Å². The molecule has 1 saturated heterocycles. The summed E-state index contributed by atoms with van der Waals surface area (Å²) in [5.41, 5.74) is 0.989. The number of thiophene rings is 1. The van der Waals surface area contributed by atoms with E-state index >= 15 is 0 Å². The fraction of sp³-hybridized carbons (Fsp3) is 0.368. The molecule has 0 spiro atoms. The minimum Gasteiger partial charge on any atom is -0.334 e. The van der Waals surface area contributed by atoms with Crippen LogP contribution >= 0.6 is 22.9 Å². The Balaban J connectivity index is 1.33. The summed E-state index contributed by atoms with van der Waals surface area (Å²) in [5.74, 6) is -0.279. The van der Waals surface area contributed by atoms with E-state index < -0.39 is 6.03 Å². The first kappa shape index (κ1) is 19.8. The first-order valence-electron chi connectivity index (χ1n) is 8.89. The molecule has 0 unspecified atom stereocenters. The zero-order valence-electron chi connectivity index (χ0n) is 15.0. The SMILES string of the molecule is O=C(CN1CCN(Cc2ccc(Cl)s2)CC1)NC(=O)NCc1ccccc1. The van der Waals surface area contributed by atoms with Gasteiger partial charge in [-0.15, -0.1) is 11.3 Å². The van der Waals surface area contributed by atoms with Gasteiger partial charge in [-0.2, -0.15) is 0 Å². The molecule has 6 nitrogen and oxygen atoms in total. The van der Waals surface area contributed by atoms with Gasteiger partial charge in [-0.3, -0.25) is 19.9 Å². The Morgan fingerprint density at radius 1 is 1.00 bits per heavy atom. The maximum absolute atomic E-state index is 12.1. The fourth-order valence-electron chi connectivity index (χ4n) is 2.95. The minimum atomic E-state index is -0.461. The molecule has 2 N–H and O–H groups in total. The number of benzene rings is 1. The first-order chi connectivity index (χ1) is 13.1. The van der Waals surface area contributed by atoms with Crippen molar-refractivity contribution in [3.8, 4) is 0 Å². The Morgan fingerprint density at radius 3 is 2.37 bits per heavy atom. The number of carbonyl (C=O) groups excluding carboxylic acids is 2. The van der Waals surface area contributed by atoms with Crippen molar-refractivity contribution in [3.63, 3.8) is 0 Å². The predicted octanol–water partition coefficient (Wildman–Crippen LogP) is 2.55. The average molecular weight is 407 g/mol. The number of amides is 3. The molecule has 1 aliphatic rings. The van der Waals surface area contributed by atoms with Gasteiger partial charge in [0.25, 0.3) is 0 Å². The van der Waals surface area contributed by atoms with Crippen molar-refractivity contribution in [3.05, 3.63) is 57.2 Å². The van der Waals surface area contributed by atoms with E-state index in [4.69, 9.17) is 11.6 Å². The Labute approximate surface area is 168 Å². The summed E-state index contributed by atoms with van der Waals surface area (Å²) < 4.78 is 0.811. The number of piperazine rings is 1. The van der Waals surface area contributed by atoms with E-state index in [1.54, 1.807) is 11.3 Å². The van der Waals surface area contributed by atoms with Gasteiger partial charge in [0, 0.05) is 44.1 Å². The molecule has 1 aromatic heterocycles. The van der Waals surface area contributed by atoms with E-state index in [9.17, 15) is 9.59 Å². The summed E-state index contributed by atoms with van der Waals surface area (Å²) in [5, 5.41) is 5.09. The van der Waals surface area contributed by atoms with Crippen molar-refractivity contribution < 1.29 is 9.59 Å². The van der Waals surface area contributed by atoms with Gasteiger partial charge < -0.3 is 5.32 Å². The van der Waals surface area contributed by atoms with Gasteiger partial charge in [0.15, 0.2) is 0 Å². The second-order valence-electron chi connectivity index (χ2n) is 6.47. The average Bonchev–Trinajstić information content (AvgIpc) is 3.07. The summed E-state index contributed by atoms with van der Waals surface area (Å²) in [4.78, 5) is 29.6. The summed E-state index contributed by atoms with van der Waals surface area (Å²) in [6, 6.07) is 13.1. The molecule has 3 rings (SSSR count). The molecule has 8 heteroatoms. The van der Waals surface area contributed by atoms with Gasteiger partial charge >= 0.3 is 6.03 Å². The van der Waals surface area contributed by atoms with E-state index in [0.717, 1.165) is 42.6 Å². The monoisotopic (exact) mass is 406 g/mol. The second kappa shape index (κ2) is 9.85. The molecule has 0 saturated carbocycles. The van der Waals surface area contributed by atoms with Crippen LogP contribution in [0.3, 0.4) is 0 Å². The Hall–Kier alpha value is -1.93. The Morgan fingerprint density at radius 2 is 1.70 bits per heavy atom. The minimum absolute atomic E-state index is 0.234. The van der Waals surface area contributed by atoms with Crippen LogP contribution in [0.4, 0.5) is 4.79 Å². The summed E-state index contributed by atoms with van der Waals surface area (Å²) in [7, 11) is 0. The molecule has 0 aliphatic carbocycles. The molecule has 1 aromatic carbocycles. The lowest BCUT2D eigenvalue weighted by molar-refractivity contribution is -0.121. The van der Waals surface area contributed by atoms with E-state index in [-0.39, 0.29) is 12.5 Å². The third kappa shape index (κ3) is 6.62. The maximum atomic E-state index is 12.1. The molecule has 2 aromatic rings. The molecule has 2 heterocycles. The third-order valence-corrected chi connectivity index (χ3v) is 5.61. The van der Waals surface area contributed by atoms with E-state index in [2.05, 4.69) is 26.5 Å². The topological polar surface area (TPSA) is 64.7 Å². The van der Waals surface area contributed by atoms with Gasteiger partial charge in [0.2, 0.25) is 5.91 Å².